The average Bonchev–Trinajstić information content (AvgIpc) is 2.86. The summed E-state index contributed by atoms with van der Waals surface area (Å²) < 4.78 is 2.35. The number of thiophene rings is 1. The van der Waals surface area contributed by atoms with Gasteiger partial charge >= 0.3 is 0 Å². The van der Waals surface area contributed by atoms with Crippen molar-refractivity contribution in [3.63, 3.8) is 0 Å². The second kappa shape index (κ2) is 5.49. The van der Waals surface area contributed by atoms with Crippen molar-refractivity contribution >= 4 is 49.0 Å². The van der Waals surface area contributed by atoms with E-state index in [1.165, 1.54) is 10.1 Å². The molecule has 0 bridgehead atoms. The number of fused-ring (bicyclic) bond motifs is 1. The molecule has 0 spiro atoms. The van der Waals surface area contributed by atoms with E-state index in [-0.39, 0.29) is 6.04 Å². The van der Waals surface area contributed by atoms with Crippen LogP contribution in [0.5, 0.6) is 0 Å². The minimum absolute atomic E-state index is 0.156. The molecule has 1 aromatic heterocycles. The highest BCUT2D eigenvalue weighted by Gasteiger charge is 2.17. The molecule has 0 aliphatic rings. The van der Waals surface area contributed by atoms with E-state index in [0.717, 1.165) is 26.2 Å². The maximum atomic E-state index is 6.48. The van der Waals surface area contributed by atoms with Crippen LogP contribution in [0.1, 0.15) is 22.7 Å². The van der Waals surface area contributed by atoms with E-state index in [0.29, 0.717) is 0 Å². The zero-order valence-electron chi connectivity index (χ0n) is 10.9. The molecule has 2 N–H and O–H groups in total. The van der Waals surface area contributed by atoms with Crippen molar-refractivity contribution in [1.82, 2.24) is 0 Å². The van der Waals surface area contributed by atoms with Gasteiger partial charge in [-0.15, -0.1) is 11.3 Å². The Labute approximate surface area is 135 Å². The Bertz CT molecular complexity index is 781. The van der Waals surface area contributed by atoms with Crippen LogP contribution in [0.3, 0.4) is 0 Å². The molecule has 0 radical (unpaired) electrons. The van der Waals surface area contributed by atoms with E-state index < -0.39 is 0 Å². The molecular weight excluding hydrogens is 354 g/mol. The van der Waals surface area contributed by atoms with Crippen molar-refractivity contribution in [2.75, 3.05) is 0 Å². The number of halogens is 2. The highest BCUT2D eigenvalue weighted by Crippen LogP contribution is 2.37. The normalized spacial score (nSPS) is 12.8. The standard InChI is InChI=1S/C16H13BrClNS/c1-9-10(4-3-7-14(9)18)15(19)12-8-20-16-11(12)5-2-6-13(16)17/h2-8,15H,19H2,1H3. The van der Waals surface area contributed by atoms with Gasteiger partial charge in [0.2, 0.25) is 0 Å². The molecule has 1 unspecified atom stereocenters. The summed E-state index contributed by atoms with van der Waals surface area (Å²) in [6.07, 6.45) is 0. The summed E-state index contributed by atoms with van der Waals surface area (Å²) in [4.78, 5) is 0. The van der Waals surface area contributed by atoms with Gasteiger partial charge in [-0.3, -0.25) is 0 Å². The largest absolute Gasteiger partial charge is 0.320 e. The zero-order valence-corrected chi connectivity index (χ0v) is 14.0. The molecule has 102 valence electrons. The van der Waals surface area contributed by atoms with E-state index >= 15 is 0 Å². The van der Waals surface area contributed by atoms with Gasteiger partial charge < -0.3 is 5.73 Å². The van der Waals surface area contributed by atoms with Gasteiger partial charge in [0, 0.05) is 14.2 Å². The molecule has 0 aliphatic carbocycles. The highest BCUT2D eigenvalue weighted by molar-refractivity contribution is 9.10. The first-order valence-corrected chi connectivity index (χ1v) is 8.31. The first kappa shape index (κ1) is 14.1. The van der Waals surface area contributed by atoms with E-state index in [9.17, 15) is 0 Å². The molecule has 0 fully saturated rings. The average molecular weight is 367 g/mol. The number of hydrogen-bond donors (Lipinski definition) is 1. The minimum Gasteiger partial charge on any atom is -0.320 e. The lowest BCUT2D eigenvalue weighted by molar-refractivity contribution is 0.874. The van der Waals surface area contributed by atoms with Crippen LogP contribution >= 0.6 is 38.9 Å². The monoisotopic (exact) mass is 365 g/mol. The molecule has 0 aliphatic heterocycles. The van der Waals surface area contributed by atoms with Gasteiger partial charge in [0.05, 0.1) is 6.04 Å². The SMILES string of the molecule is Cc1c(Cl)cccc1C(N)c1csc2c(Br)cccc12. The Balaban J connectivity index is 2.16. The van der Waals surface area contributed by atoms with Crippen molar-refractivity contribution < 1.29 is 0 Å². The molecular formula is C16H13BrClNS. The van der Waals surface area contributed by atoms with Gasteiger partial charge in [0.15, 0.2) is 0 Å². The summed E-state index contributed by atoms with van der Waals surface area (Å²) in [6.45, 7) is 2.02. The van der Waals surface area contributed by atoms with Crippen LogP contribution in [0.15, 0.2) is 46.3 Å². The molecule has 3 rings (SSSR count). The van der Waals surface area contributed by atoms with Gasteiger partial charge in [-0.25, -0.2) is 0 Å². The lowest BCUT2D eigenvalue weighted by atomic mass is 9.95. The predicted molar refractivity (Wildman–Crippen MR) is 91.7 cm³/mol. The molecule has 4 heteroatoms. The molecule has 0 saturated carbocycles. The maximum Gasteiger partial charge on any atom is 0.0569 e. The van der Waals surface area contributed by atoms with E-state index in [1.807, 2.05) is 31.2 Å². The van der Waals surface area contributed by atoms with Crippen LogP contribution in [-0.2, 0) is 0 Å². The molecule has 2 aromatic carbocycles. The number of benzene rings is 2. The summed E-state index contributed by atoms with van der Waals surface area (Å²) in [5.41, 5.74) is 9.76. The van der Waals surface area contributed by atoms with Crippen LogP contribution in [-0.4, -0.2) is 0 Å². The fourth-order valence-electron chi connectivity index (χ4n) is 2.41. The molecule has 3 aromatic rings. The van der Waals surface area contributed by atoms with E-state index in [2.05, 4.69) is 33.4 Å². The van der Waals surface area contributed by atoms with Gasteiger partial charge in [-0.1, -0.05) is 35.9 Å². The lowest BCUT2D eigenvalue weighted by Crippen LogP contribution is -2.12. The van der Waals surface area contributed by atoms with Crippen LogP contribution in [0.25, 0.3) is 10.1 Å². The van der Waals surface area contributed by atoms with Gasteiger partial charge in [0.25, 0.3) is 0 Å². The quantitative estimate of drug-likeness (QED) is 0.621. The van der Waals surface area contributed by atoms with Crippen LogP contribution < -0.4 is 5.73 Å². The zero-order chi connectivity index (χ0) is 14.3. The van der Waals surface area contributed by atoms with Crippen LogP contribution in [0.2, 0.25) is 5.02 Å². The Morgan fingerprint density at radius 2 is 1.90 bits per heavy atom. The number of nitrogens with two attached hydrogens (primary N) is 1. The predicted octanol–water partition coefficient (Wildman–Crippen LogP) is 5.67. The Kier molecular flexibility index (Phi) is 3.87. The summed E-state index contributed by atoms with van der Waals surface area (Å²) in [7, 11) is 0. The fraction of sp³-hybridized carbons (Fsp3) is 0.125. The third kappa shape index (κ3) is 2.29. The molecule has 1 heterocycles. The Morgan fingerprint density at radius 3 is 2.70 bits per heavy atom. The smallest absolute Gasteiger partial charge is 0.0569 e. The van der Waals surface area contributed by atoms with Gasteiger partial charge in [-0.2, -0.15) is 0 Å². The Hall–Kier alpha value is -0.870. The van der Waals surface area contributed by atoms with Crippen molar-refractivity contribution in [3.8, 4) is 0 Å². The first-order chi connectivity index (χ1) is 9.59. The number of rotatable bonds is 2. The van der Waals surface area contributed by atoms with Gasteiger partial charge in [-0.05, 0) is 62.4 Å². The van der Waals surface area contributed by atoms with Gasteiger partial charge in [0.1, 0.15) is 0 Å². The first-order valence-electron chi connectivity index (χ1n) is 6.26. The summed E-state index contributed by atoms with van der Waals surface area (Å²) >= 11 is 11.5. The third-order valence-corrected chi connectivity index (χ3v) is 5.94. The topological polar surface area (TPSA) is 26.0 Å². The van der Waals surface area contributed by atoms with Crippen molar-refractivity contribution in [3.05, 3.63) is 68.0 Å². The molecule has 0 amide bonds. The van der Waals surface area contributed by atoms with Crippen LogP contribution in [0, 0.1) is 6.92 Å². The highest BCUT2D eigenvalue weighted by atomic mass is 79.9. The second-order valence-electron chi connectivity index (χ2n) is 4.74. The summed E-state index contributed by atoms with van der Waals surface area (Å²) in [6, 6.07) is 12.0. The third-order valence-electron chi connectivity index (χ3n) is 3.56. The molecule has 1 atom stereocenters. The van der Waals surface area contributed by atoms with Crippen molar-refractivity contribution in [2.24, 2.45) is 5.73 Å². The van der Waals surface area contributed by atoms with Crippen molar-refractivity contribution in [1.29, 1.82) is 0 Å². The molecule has 1 nitrogen and oxygen atoms in total. The fourth-order valence-corrected chi connectivity index (χ4v) is 4.25. The second-order valence-corrected chi connectivity index (χ2v) is 6.88. The number of hydrogen-bond acceptors (Lipinski definition) is 2. The summed E-state index contributed by atoms with van der Waals surface area (Å²) in [5.74, 6) is 0. The van der Waals surface area contributed by atoms with E-state index in [1.54, 1.807) is 11.3 Å². The lowest BCUT2D eigenvalue weighted by Gasteiger charge is -2.15. The maximum absolute atomic E-state index is 6.48. The Morgan fingerprint density at radius 1 is 1.15 bits per heavy atom. The molecule has 0 saturated heterocycles. The molecule has 20 heavy (non-hydrogen) atoms. The minimum atomic E-state index is -0.156. The van der Waals surface area contributed by atoms with Crippen LogP contribution in [0.4, 0.5) is 0 Å². The van der Waals surface area contributed by atoms with Crippen molar-refractivity contribution in [2.45, 2.75) is 13.0 Å². The summed E-state index contributed by atoms with van der Waals surface area (Å²) in [5, 5.41) is 4.11. The van der Waals surface area contributed by atoms with E-state index in [4.69, 9.17) is 17.3 Å².